The van der Waals surface area contributed by atoms with E-state index in [2.05, 4.69) is 27.4 Å². The van der Waals surface area contributed by atoms with Gasteiger partial charge in [-0.2, -0.15) is 13.2 Å². The summed E-state index contributed by atoms with van der Waals surface area (Å²) < 4.78 is 37.7. The number of hydrogen-bond acceptors (Lipinski definition) is 4. The zero-order chi connectivity index (χ0) is 18.1. The van der Waals surface area contributed by atoms with Gasteiger partial charge in [0.25, 0.3) is 0 Å². The lowest BCUT2D eigenvalue weighted by Crippen LogP contribution is -2.23. The minimum absolute atomic E-state index is 0.223. The number of alkyl halides is 3. The second kappa shape index (κ2) is 7.10. The van der Waals surface area contributed by atoms with Crippen molar-refractivity contribution < 1.29 is 13.2 Å². The first-order chi connectivity index (χ1) is 12.5. The Labute approximate surface area is 154 Å². The molecule has 7 heteroatoms. The Morgan fingerprint density at radius 2 is 1.73 bits per heavy atom. The smallest absolute Gasteiger partial charge is 0.366 e. The molecule has 0 atom stereocenters. The van der Waals surface area contributed by atoms with Crippen molar-refractivity contribution in [2.75, 3.05) is 11.1 Å². The molecule has 0 bridgehead atoms. The lowest BCUT2D eigenvalue weighted by Gasteiger charge is -2.22. The SMILES string of the molecule is FC(F)(F)CSc1nc2c(c(NC3Cc4ccccc4C3)n1)CCCC2. The predicted octanol–water partition coefficient (Wildman–Crippen LogP) is 4.59. The quantitative estimate of drug-likeness (QED) is 0.623. The van der Waals surface area contributed by atoms with Gasteiger partial charge in [-0.1, -0.05) is 36.0 Å². The van der Waals surface area contributed by atoms with E-state index in [9.17, 15) is 13.2 Å². The highest BCUT2D eigenvalue weighted by Crippen LogP contribution is 2.32. The molecule has 1 heterocycles. The van der Waals surface area contributed by atoms with E-state index < -0.39 is 11.9 Å². The van der Waals surface area contributed by atoms with Crippen LogP contribution in [0.4, 0.5) is 19.0 Å². The van der Waals surface area contributed by atoms with E-state index in [1.165, 1.54) is 11.1 Å². The first kappa shape index (κ1) is 17.6. The minimum atomic E-state index is -4.22. The van der Waals surface area contributed by atoms with Crippen LogP contribution in [0.2, 0.25) is 0 Å². The average molecular weight is 379 g/mol. The summed E-state index contributed by atoms with van der Waals surface area (Å²) >= 11 is 0.672. The molecule has 4 rings (SSSR count). The van der Waals surface area contributed by atoms with Gasteiger partial charge in [-0.3, -0.25) is 0 Å². The van der Waals surface area contributed by atoms with Crippen LogP contribution in [-0.4, -0.2) is 27.9 Å². The Morgan fingerprint density at radius 1 is 1.04 bits per heavy atom. The fraction of sp³-hybridized carbons (Fsp3) is 0.474. The molecule has 26 heavy (non-hydrogen) atoms. The van der Waals surface area contributed by atoms with Crippen LogP contribution in [0, 0.1) is 0 Å². The molecule has 1 N–H and O–H groups in total. The van der Waals surface area contributed by atoms with E-state index in [-0.39, 0.29) is 11.2 Å². The van der Waals surface area contributed by atoms with Gasteiger partial charge in [0.15, 0.2) is 5.16 Å². The summed E-state index contributed by atoms with van der Waals surface area (Å²) in [5.41, 5.74) is 4.66. The number of nitrogens with zero attached hydrogens (tertiary/aromatic N) is 2. The van der Waals surface area contributed by atoms with E-state index in [1.807, 2.05) is 12.1 Å². The second-order valence-corrected chi connectivity index (χ2v) is 7.85. The first-order valence-corrected chi connectivity index (χ1v) is 9.89. The molecule has 0 radical (unpaired) electrons. The Morgan fingerprint density at radius 3 is 2.42 bits per heavy atom. The Kier molecular flexibility index (Phi) is 4.82. The van der Waals surface area contributed by atoms with Gasteiger partial charge >= 0.3 is 6.18 Å². The fourth-order valence-electron chi connectivity index (χ4n) is 3.76. The van der Waals surface area contributed by atoms with Gasteiger partial charge in [0.05, 0.1) is 11.4 Å². The molecular formula is C19H20F3N3S. The molecule has 0 unspecified atom stereocenters. The number of halogens is 3. The van der Waals surface area contributed by atoms with E-state index in [4.69, 9.17) is 0 Å². The van der Waals surface area contributed by atoms with Gasteiger partial charge in [-0.05, 0) is 49.7 Å². The highest BCUT2D eigenvalue weighted by Gasteiger charge is 2.29. The maximum Gasteiger partial charge on any atom is 0.398 e. The van der Waals surface area contributed by atoms with Gasteiger partial charge in [-0.15, -0.1) is 0 Å². The van der Waals surface area contributed by atoms with Gasteiger partial charge in [0, 0.05) is 11.6 Å². The van der Waals surface area contributed by atoms with Crippen molar-refractivity contribution in [3.8, 4) is 0 Å². The molecule has 0 saturated carbocycles. The zero-order valence-electron chi connectivity index (χ0n) is 14.3. The third-order valence-electron chi connectivity index (χ3n) is 4.92. The molecule has 0 saturated heterocycles. The van der Waals surface area contributed by atoms with Crippen molar-refractivity contribution in [2.24, 2.45) is 0 Å². The molecule has 0 fully saturated rings. The summed E-state index contributed by atoms with van der Waals surface area (Å²) in [6, 6.07) is 8.58. The minimum Gasteiger partial charge on any atom is -0.366 e. The number of fused-ring (bicyclic) bond motifs is 2. The van der Waals surface area contributed by atoms with Crippen molar-refractivity contribution >= 4 is 17.6 Å². The van der Waals surface area contributed by atoms with Gasteiger partial charge < -0.3 is 5.32 Å². The summed E-state index contributed by atoms with van der Waals surface area (Å²) in [5, 5.41) is 3.73. The van der Waals surface area contributed by atoms with Gasteiger partial charge in [-0.25, -0.2) is 9.97 Å². The van der Waals surface area contributed by atoms with Crippen molar-refractivity contribution in [1.29, 1.82) is 0 Å². The Balaban J connectivity index is 1.56. The number of aryl methyl sites for hydroxylation is 1. The van der Waals surface area contributed by atoms with E-state index >= 15 is 0 Å². The maximum atomic E-state index is 12.6. The lowest BCUT2D eigenvalue weighted by atomic mass is 9.96. The summed E-state index contributed by atoms with van der Waals surface area (Å²) in [6.45, 7) is 0. The molecule has 2 aromatic rings. The Hall–Kier alpha value is -1.76. The number of nitrogens with one attached hydrogen (secondary N) is 1. The monoisotopic (exact) mass is 379 g/mol. The molecule has 0 amide bonds. The number of anilines is 1. The van der Waals surface area contributed by atoms with Crippen LogP contribution in [0.5, 0.6) is 0 Å². The molecular weight excluding hydrogens is 359 g/mol. The molecule has 0 spiro atoms. The third-order valence-corrected chi connectivity index (χ3v) is 5.83. The van der Waals surface area contributed by atoms with Gasteiger partial charge in [0.1, 0.15) is 5.82 Å². The van der Waals surface area contributed by atoms with E-state index in [0.717, 1.165) is 55.6 Å². The normalized spacial score (nSPS) is 17.0. The van der Waals surface area contributed by atoms with Crippen LogP contribution in [0.25, 0.3) is 0 Å². The molecule has 3 nitrogen and oxygen atoms in total. The number of benzene rings is 1. The number of thioether (sulfide) groups is 1. The molecule has 1 aromatic carbocycles. The maximum absolute atomic E-state index is 12.6. The number of aromatic nitrogens is 2. The first-order valence-electron chi connectivity index (χ1n) is 8.90. The largest absolute Gasteiger partial charge is 0.398 e. The number of rotatable bonds is 4. The summed E-state index contributed by atoms with van der Waals surface area (Å²) in [5.74, 6) is -0.225. The summed E-state index contributed by atoms with van der Waals surface area (Å²) in [6.07, 6.45) is 1.43. The van der Waals surface area contributed by atoms with E-state index in [0.29, 0.717) is 11.8 Å². The highest BCUT2D eigenvalue weighted by molar-refractivity contribution is 7.99. The molecule has 2 aliphatic carbocycles. The van der Waals surface area contributed by atoms with Crippen molar-refractivity contribution in [3.63, 3.8) is 0 Å². The third kappa shape index (κ3) is 3.98. The van der Waals surface area contributed by atoms with Crippen LogP contribution >= 0.6 is 11.8 Å². The summed E-state index contributed by atoms with van der Waals surface area (Å²) in [4.78, 5) is 8.86. The predicted molar refractivity (Wildman–Crippen MR) is 96.7 cm³/mol. The average Bonchev–Trinajstić information content (AvgIpc) is 3.02. The second-order valence-electron chi connectivity index (χ2n) is 6.91. The fourth-order valence-corrected chi connectivity index (χ4v) is 4.38. The summed E-state index contributed by atoms with van der Waals surface area (Å²) in [7, 11) is 0. The molecule has 2 aliphatic rings. The molecule has 138 valence electrons. The van der Waals surface area contributed by atoms with Crippen LogP contribution in [0.1, 0.15) is 35.2 Å². The van der Waals surface area contributed by atoms with Crippen molar-refractivity contribution in [1.82, 2.24) is 9.97 Å². The highest BCUT2D eigenvalue weighted by atomic mass is 32.2. The van der Waals surface area contributed by atoms with Crippen LogP contribution in [0.15, 0.2) is 29.4 Å². The van der Waals surface area contributed by atoms with Crippen LogP contribution in [0.3, 0.4) is 0 Å². The molecule has 0 aliphatic heterocycles. The topological polar surface area (TPSA) is 37.8 Å². The standard InChI is InChI=1S/C19H20F3N3S/c20-19(21,22)11-26-18-24-16-8-4-3-7-15(16)17(25-18)23-14-9-12-5-1-2-6-13(12)10-14/h1-2,5-6,14H,3-4,7-11H2,(H,23,24,25). The lowest BCUT2D eigenvalue weighted by molar-refractivity contribution is -0.105. The van der Waals surface area contributed by atoms with Crippen molar-refractivity contribution in [3.05, 3.63) is 46.6 Å². The van der Waals surface area contributed by atoms with E-state index in [1.54, 1.807) is 0 Å². The molecule has 1 aromatic heterocycles. The zero-order valence-corrected chi connectivity index (χ0v) is 15.1. The van der Waals surface area contributed by atoms with Crippen molar-refractivity contribution in [2.45, 2.75) is 55.9 Å². The van der Waals surface area contributed by atoms with Gasteiger partial charge in [0.2, 0.25) is 0 Å². The number of hydrogen-bond donors (Lipinski definition) is 1. The van der Waals surface area contributed by atoms with Crippen LogP contribution in [-0.2, 0) is 25.7 Å². The Bertz CT molecular complexity index is 782. The van der Waals surface area contributed by atoms with Crippen LogP contribution < -0.4 is 5.32 Å².